The molecule has 0 aromatic rings. The van der Waals surface area contributed by atoms with Gasteiger partial charge in [-0.25, -0.2) is 0 Å². The summed E-state index contributed by atoms with van der Waals surface area (Å²) in [6.45, 7) is 1.38. The summed E-state index contributed by atoms with van der Waals surface area (Å²) in [5.41, 5.74) is 5.58. The summed E-state index contributed by atoms with van der Waals surface area (Å²) in [5, 5.41) is 2.84. The Kier molecular flexibility index (Phi) is 7.85. The topological polar surface area (TPSA) is 90.7 Å². The third-order valence-electron chi connectivity index (χ3n) is 2.86. The van der Waals surface area contributed by atoms with Crippen molar-refractivity contribution in [3.05, 3.63) is 0 Å². The fraction of sp³-hybridized carbons (Fsp3) is 0.833. The van der Waals surface area contributed by atoms with E-state index >= 15 is 0 Å². The second-order valence-electron chi connectivity index (χ2n) is 4.41. The zero-order chi connectivity index (χ0) is 14.1. The van der Waals surface area contributed by atoms with E-state index in [0.717, 1.165) is 19.4 Å². The third-order valence-corrected chi connectivity index (χ3v) is 3.85. The van der Waals surface area contributed by atoms with Gasteiger partial charge in [0, 0.05) is 13.2 Å². The smallest absolute Gasteiger partial charge is 0.322 e. The van der Waals surface area contributed by atoms with E-state index in [0.29, 0.717) is 24.5 Å². The molecule has 1 aliphatic heterocycles. The van der Waals surface area contributed by atoms with Crippen LogP contribution < -0.4 is 11.1 Å². The summed E-state index contributed by atoms with van der Waals surface area (Å²) >= 11 is 1.46. The van der Waals surface area contributed by atoms with Crippen LogP contribution in [0.25, 0.3) is 0 Å². The first-order valence-corrected chi connectivity index (χ1v) is 7.58. The zero-order valence-electron chi connectivity index (χ0n) is 11.2. The number of nitrogens with one attached hydrogen (secondary N) is 1. The minimum absolute atomic E-state index is 0.00728. The molecule has 0 bridgehead atoms. The molecule has 2 unspecified atom stereocenters. The largest absolute Gasteiger partial charge is 0.468 e. The van der Waals surface area contributed by atoms with Gasteiger partial charge in [0.05, 0.1) is 19.0 Å². The number of ether oxygens (including phenoxy) is 2. The molecule has 0 spiro atoms. The van der Waals surface area contributed by atoms with E-state index in [-0.39, 0.29) is 12.0 Å². The molecule has 0 aromatic heterocycles. The summed E-state index contributed by atoms with van der Waals surface area (Å²) in [6, 6.07) is -0.604. The van der Waals surface area contributed by atoms with Gasteiger partial charge in [-0.05, 0) is 25.0 Å². The molecule has 0 aliphatic carbocycles. The Morgan fingerprint density at radius 1 is 1.58 bits per heavy atom. The minimum Gasteiger partial charge on any atom is -0.468 e. The number of hydrogen-bond donors (Lipinski definition) is 2. The molecule has 0 radical (unpaired) electrons. The number of rotatable bonds is 8. The van der Waals surface area contributed by atoms with E-state index < -0.39 is 12.0 Å². The standard InChI is InChI=1S/C12H22N2O4S/c1-17-12(16)10(13)4-6-19-8-11(15)14-7-9-3-2-5-18-9/h9-10H,2-8,13H2,1H3,(H,14,15). The molecule has 0 saturated carbocycles. The molecule has 19 heavy (non-hydrogen) atoms. The molecule has 7 heteroatoms. The van der Waals surface area contributed by atoms with Crippen molar-refractivity contribution in [1.82, 2.24) is 5.32 Å². The maximum atomic E-state index is 11.5. The summed E-state index contributed by atoms with van der Waals surface area (Å²) in [6.07, 6.45) is 2.76. The fourth-order valence-electron chi connectivity index (χ4n) is 1.73. The van der Waals surface area contributed by atoms with Crippen LogP contribution in [0.4, 0.5) is 0 Å². The molecule has 1 heterocycles. The van der Waals surface area contributed by atoms with E-state index in [9.17, 15) is 9.59 Å². The van der Waals surface area contributed by atoms with Gasteiger partial charge in [0.15, 0.2) is 0 Å². The van der Waals surface area contributed by atoms with Crippen molar-refractivity contribution >= 4 is 23.6 Å². The number of thioether (sulfide) groups is 1. The SMILES string of the molecule is COC(=O)C(N)CCSCC(=O)NCC1CCCO1. The Morgan fingerprint density at radius 2 is 2.37 bits per heavy atom. The number of nitrogens with two attached hydrogens (primary N) is 1. The average molecular weight is 290 g/mol. The van der Waals surface area contributed by atoms with Gasteiger partial charge in [0.2, 0.25) is 5.91 Å². The van der Waals surface area contributed by atoms with Crippen LogP contribution in [-0.2, 0) is 19.1 Å². The lowest BCUT2D eigenvalue weighted by atomic mass is 10.2. The number of hydrogen-bond acceptors (Lipinski definition) is 6. The number of carbonyl (C=O) groups excluding carboxylic acids is 2. The van der Waals surface area contributed by atoms with Gasteiger partial charge in [-0.1, -0.05) is 0 Å². The summed E-state index contributed by atoms with van der Waals surface area (Å²) in [4.78, 5) is 22.6. The predicted octanol–water partition coefficient (Wildman–Crippen LogP) is -0.0948. The molecule has 110 valence electrons. The first kappa shape index (κ1) is 16.3. The Labute approximate surface area is 117 Å². The highest BCUT2D eigenvalue weighted by molar-refractivity contribution is 7.99. The summed E-state index contributed by atoms with van der Waals surface area (Å²) < 4.78 is 9.93. The normalized spacial score (nSPS) is 20.0. The minimum atomic E-state index is -0.604. The molecule has 3 N–H and O–H groups in total. The Balaban J connectivity index is 1.99. The van der Waals surface area contributed by atoms with Crippen LogP contribution in [0, 0.1) is 0 Å². The molecule has 1 rings (SSSR count). The Morgan fingerprint density at radius 3 is 3.00 bits per heavy atom. The maximum Gasteiger partial charge on any atom is 0.322 e. The lowest BCUT2D eigenvalue weighted by Crippen LogP contribution is -2.33. The van der Waals surface area contributed by atoms with E-state index in [1.807, 2.05) is 0 Å². The van der Waals surface area contributed by atoms with E-state index in [4.69, 9.17) is 10.5 Å². The average Bonchev–Trinajstić information content (AvgIpc) is 2.93. The molecule has 1 amide bonds. The van der Waals surface area contributed by atoms with Crippen molar-refractivity contribution in [3.63, 3.8) is 0 Å². The van der Waals surface area contributed by atoms with Gasteiger partial charge in [0.25, 0.3) is 0 Å². The van der Waals surface area contributed by atoms with Crippen molar-refractivity contribution in [1.29, 1.82) is 0 Å². The highest BCUT2D eigenvalue weighted by atomic mass is 32.2. The second-order valence-corrected chi connectivity index (χ2v) is 5.52. The van der Waals surface area contributed by atoms with Crippen molar-refractivity contribution in [3.8, 4) is 0 Å². The maximum absolute atomic E-state index is 11.5. The van der Waals surface area contributed by atoms with Crippen molar-refractivity contribution in [2.75, 3.05) is 31.8 Å². The molecule has 1 fully saturated rings. The van der Waals surface area contributed by atoms with Crippen molar-refractivity contribution < 1.29 is 19.1 Å². The first-order chi connectivity index (χ1) is 9.13. The first-order valence-electron chi connectivity index (χ1n) is 6.43. The van der Waals surface area contributed by atoms with Crippen LogP contribution in [0.15, 0.2) is 0 Å². The van der Waals surface area contributed by atoms with Crippen molar-refractivity contribution in [2.45, 2.75) is 31.4 Å². The zero-order valence-corrected chi connectivity index (χ0v) is 12.0. The van der Waals surface area contributed by atoms with E-state index in [1.165, 1.54) is 18.9 Å². The van der Waals surface area contributed by atoms with Gasteiger partial charge in [-0.3, -0.25) is 9.59 Å². The number of esters is 1. The van der Waals surface area contributed by atoms with Crippen LogP contribution in [0.5, 0.6) is 0 Å². The second kappa shape index (κ2) is 9.17. The number of carbonyl (C=O) groups is 2. The quantitative estimate of drug-likeness (QED) is 0.479. The molecule has 6 nitrogen and oxygen atoms in total. The molecule has 1 saturated heterocycles. The Hall–Kier alpha value is -0.790. The summed E-state index contributed by atoms with van der Waals surface area (Å²) in [7, 11) is 1.31. The number of methoxy groups -OCH3 is 1. The Bertz CT molecular complexity index is 295. The van der Waals surface area contributed by atoms with Crippen LogP contribution in [0.3, 0.4) is 0 Å². The molecular formula is C12H22N2O4S. The third kappa shape index (κ3) is 6.79. The van der Waals surface area contributed by atoms with Crippen LogP contribution >= 0.6 is 11.8 Å². The predicted molar refractivity (Wildman–Crippen MR) is 73.9 cm³/mol. The van der Waals surface area contributed by atoms with E-state index in [2.05, 4.69) is 10.1 Å². The lowest BCUT2D eigenvalue weighted by molar-refractivity contribution is -0.142. The van der Waals surface area contributed by atoms with Gasteiger partial charge in [-0.2, -0.15) is 11.8 Å². The molecule has 2 atom stereocenters. The fourth-order valence-corrected chi connectivity index (χ4v) is 2.58. The van der Waals surface area contributed by atoms with E-state index in [1.54, 1.807) is 0 Å². The van der Waals surface area contributed by atoms with Gasteiger partial charge in [-0.15, -0.1) is 0 Å². The van der Waals surface area contributed by atoms with Crippen molar-refractivity contribution in [2.24, 2.45) is 5.73 Å². The molecular weight excluding hydrogens is 268 g/mol. The van der Waals surface area contributed by atoms with Gasteiger partial charge in [0.1, 0.15) is 6.04 Å². The highest BCUT2D eigenvalue weighted by Crippen LogP contribution is 2.10. The van der Waals surface area contributed by atoms with Gasteiger partial charge >= 0.3 is 5.97 Å². The molecule has 1 aliphatic rings. The molecule has 0 aromatic carbocycles. The summed E-state index contributed by atoms with van der Waals surface area (Å²) in [5.74, 6) is 0.611. The van der Waals surface area contributed by atoms with Gasteiger partial charge < -0.3 is 20.5 Å². The highest BCUT2D eigenvalue weighted by Gasteiger charge is 2.16. The monoisotopic (exact) mass is 290 g/mol. The van der Waals surface area contributed by atoms with Crippen LogP contribution in [0.2, 0.25) is 0 Å². The van der Waals surface area contributed by atoms with Crippen LogP contribution in [-0.4, -0.2) is 55.8 Å². The number of amides is 1. The lowest BCUT2D eigenvalue weighted by Gasteiger charge is -2.11. The van der Waals surface area contributed by atoms with Crippen LogP contribution in [0.1, 0.15) is 19.3 Å².